The minimum absolute atomic E-state index is 0.151. The predicted molar refractivity (Wildman–Crippen MR) is 66.7 cm³/mol. The molecule has 1 aliphatic rings. The van der Waals surface area contributed by atoms with Crippen LogP contribution in [0.3, 0.4) is 0 Å². The number of rotatable bonds is 6. The Morgan fingerprint density at radius 2 is 2.06 bits per heavy atom. The van der Waals surface area contributed by atoms with Crippen LogP contribution in [0.25, 0.3) is 0 Å². The predicted octanol–water partition coefficient (Wildman–Crippen LogP) is 1.47. The molecule has 1 atom stereocenters. The summed E-state index contributed by atoms with van der Waals surface area (Å²) < 4.78 is 4.93. The van der Waals surface area contributed by atoms with Crippen LogP contribution in [0.2, 0.25) is 0 Å². The normalized spacial score (nSPS) is 20.9. The molecule has 17 heavy (non-hydrogen) atoms. The topological polar surface area (TPSA) is 58.6 Å². The van der Waals surface area contributed by atoms with Crippen molar-refractivity contribution in [2.45, 2.75) is 51.6 Å². The molecule has 1 rings (SSSR count). The van der Waals surface area contributed by atoms with E-state index in [1.807, 2.05) is 13.8 Å². The first-order valence-electron chi connectivity index (χ1n) is 6.67. The second kappa shape index (κ2) is 6.97. The van der Waals surface area contributed by atoms with Gasteiger partial charge in [0, 0.05) is 13.1 Å². The number of hydrogen-bond donors (Lipinski definition) is 2. The average Bonchev–Trinajstić information content (AvgIpc) is 2.30. The van der Waals surface area contributed by atoms with E-state index in [1.165, 1.54) is 6.42 Å². The first kappa shape index (κ1) is 14.5. The molecule has 0 spiro atoms. The fraction of sp³-hybridized carbons (Fsp3) is 0.923. The minimum atomic E-state index is -0.563. The molecule has 1 fully saturated rings. The van der Waals surface area contributed by atoms with Gasteiger partial charge in [-0.25, -0.2) is 0 Å². The van der Waals surface area contributed by atoms with E-state index in [4.69, 9.17) is 4.74 Å². The standard InChI is InChI=1S/C13H25NO3/c1-3-17-12(15)11(2)9-14-10-13(16)7-5-4-6-8-13/h11,14,16H,3-10H2,1-2H3. The second-order valence-corrected chi connectivity index (χ2v) is 5.07. The lowest BCUT2D eigenvalue weighted by Crippen LogP contribution is -2.44. The summed E-state index contributed by atoms with van der Waals surface area (Å²) in [5.41, 5.74) is -0.563. The summed E-state index contributed by atoms with van der Waals surface area (Å²) in [5.74, 6) is -0.322. The monoisotopic (exact) mass is 243 g/mol. The summed E-state index contributed by atoms with van der Waals surface area (Å²) in [5, 5.41) is 13.4. The van der Waals surface area contributed by atoms with Gasteiger partial charge in [-0.05, 0) is 19.8 Å². The molecule has 1 aliphatic carbocycles. The van der Waals surface area contributed by atoms with Crippen LogP contribution in [0, 0.1) is 5.92 Å². The van der Waals surface area contributed by atoms with E-state index in [0.717, 1.165) is 25.7 Å². The van der Waals surface area contributed by atoms with Crippen molar-refractivity contribution in [3.05, 3.63) is 0 Å². The Morgan fingerprint density at radius 3 is 2.65 bits per heavy atom. The van der Waals surface area contributed by atoms with Crippen LogP contribution in [-0.4, -0.2) is 36.4 Å². The lowest BCUT2D eigenvalue weighted by Gasteiger charge is -2.32. The van der Waals surface area contributed by atoms with Crippen molar-refractivity contribution in [1.29, 1.82) is 0 Å². The molecular formula is C13H25NO3. The van der Waals surface area contributed by atoms with Gasteiger partial charge in [0.05, 0.1) is 18.1 Å². The highest BCUT2D eigenvalue weighted by atomic mass is 16.5. The zero-order valence-electron chi connectivity index (χ0n) is 11.0. The van der Waals surface area contributed by atoms with E-state index in [9.17, 15) is 9.90 Å². The Labute approximate surface area is 104 Å². The van der Waals surface area contributed by atoms with Gasteiger partial charge in [-0.15, -0.1) is 0 Å². The highest BCUT2D eigenvalue weighted by molar-refractivity contribution is 5.72. The largest absolute Gasteiger partial charge is 0.466 e. The fourth-order valence-corrected chi connectivity index (χ4v) is 2.28. The molecule has 0 aromatic heterocycles. The highest BCUT2D eigenvalue weighted by Crippen LogP contribution is 2.27. The zero-order chi connectivity index (χ0) is 12.7. The molecule has 100 valence electrons. The summed E-state index contributed by atoms with van der Waals surface area (Å²) in [4.78, 5) is 11.4. The first-order chi connectivity index (χ1) is 8.07. The maximum absolute atomic E-state index is 11.4. The van der Waals surface area contributed by atoms with Gasteiger partial charge in [-0.2, -0.15) is 0 Å². The van der Waals surface area contributed by atoms with E-state index in [-0.39, 0.29) is 11.9 Å². The van der Waals surface area contributed by atoms with Crippen LogP contribution in [-0.2, 0) is 9.53 Å². The lowest BCUT2D eigenvalue weighted by molar-refractivity contribution is -0.147. The third kappa shape index (κ3) is 5.04. The maximum Gasteiger partial charge on any atom is 0.309 e. The Balaban J connectivity index is 2.20. The van der Waals surface area contributed by atoms with E-state index < -0.39 is 5.60 Å². The second-order valence-electron chi connectivity index (χ2n) is 5.07. The molecule has 1 unspecified atom stereocenters. The number of carbonyl (C=O) groups is 1. The molecule has 0 radical (unpaired) electrons. The molecule has 1 saturated carbocycles. The molecule has 0 heterocycles. The Hall–Kier alpha value is -0.610. The van der Waals surface area contributed by atoms with E-state index in [0.29, 0.717) is 19.7 Å². The van der Waals surface area contributed by atoms with Crippen molar-refractivity contribution in [2.75, 3.05) is 19.7 Å². The van der Waals surface area contributed by atoms with Gasteiger partial charge in [0.2, 0.25) is 0 Å². The van der Waals surface area contributed by atoms with Crippen molar-refractivity contribution in [1.82, 2.24) is 5.32 Å². The van der Waals surface area contributed by atoms with Crippen molar-refractivity contribution >= 4 is 5.97 Å². The Morgan fingerprint density at radius 1 is 1.41 bits per heavy atom. The lowest BCUT2D eigenvalue weighted by atomic mass is 9.85. The van der Waals surface area contributed by atoms with Crippen molar-refractivity contribution < 1.29 is 14.6 Å². The smallest absolute Gasteiger partial charge is 0.309 e. The van der Waals surface area contributed by atoms with Crippen molar-refractivity contribution in [3.63, 3.8) is 0 Å². The third-order valence-electron chi connectivity index (χ3n) is 3.38. The van der Waals surface area contributed by atoms with Gasteiger partial charge in [0.15, 0.2) is 0 Å². The average molecular weight is 243 g/mol. The van der Waals surface area contributed by atoms with E-state index in [1.54, 1.807) is 0 Å². The summed E-state index contributed by atoms with van der Waals surface area (Å²) in [6.45, 7) is 5.23. The van der Waals surface area contributed by atoms with Crippen LogP contribution in [0.4, 0.5) is 0 Å². The number of ether oxygens (including phenoxy) is 1. The first-order valence-corrected chi connectivity index (χ1v) is 6.67. The molecule has 2 N–H and O–H groups in total. The van der Waals surface area contributed by atoms with Crippen molar-refractivity contribution in [3.8, 4) is 0 Å². The number of aliphatic hydroxyl groups is 1. The Kier molecular flexibility index (Phi) is 5.92. The maximum atomic E-state index is 11.4. The molecule has 0 aromatic carbocycles. The van der Waals surface area contributed by atoms with Crippen molar-refractivity contribution in [2.24, 2.45) is 5.92 Å². The van der Waals surface area contributed by atoms with Gasteiger partial charge in [-0.3, -0.25) is 4.79 Å². The third-order valence-corrected chi connectivity index (χ3v) is 3.38. The number of hydrogen-bond acceptors (Lipinski definition) is 4. The van der Waals surface area contributed by atoms with Crippen LogP contribution >= 0.6 is 0 Å². The minimum Gasteiger partial charge on any atom is -0.466 e. The molecular weight excluding hydrogens is 218 g/mol. The SMILES string of the molecule is CCOC(=O)C(C)CNCC1(O)CCCCC1. The summed E-state index contributed by atoms with van der Waals surface area (Å²) in [7, 11) is 0. The van der Waals surface area contributed by atoms with Crippen LogP contribution < -0.4 is 5.32 Å². The molecule has 0 aromatic rings. The van der Waals surface area contributed by atoms with Gasteiger partial charge in [-0.1, -0.05) is 26.2 Å². The highest BCUT2D eigenvalue weighted by Gasteiger charge is 2.28. The molecule has 0 amide bonds. The molecule has 0 bridgehead atoms. The Bertz CT molecular complexity index is 237. The molecule has 0 saturated heterocycles. The zero-order valence-corrected chi connectivity index (χ0v) is 11.0. The van der Waals surface area contributed by atoms with Gasteiger partial charge >= 0.3 is 5.97 Å². The summed E-state index contributed by atoms with van der Waals surface area (Å²) in [6, 6.07) is 0. The molecule has 4 nitrogen and oxygen atoms in total. The van der Waals surface area contributed by atoms with Gasteiger partial charge < -0.3 is 15.2 Å². The van der Waals surface area contributed by atoms with E-state index in [2.05, 4.69) is 5.32 Å². The van der Waals surface area contributed by atoms with Crippen LogP contribution in [0.1, 0.15) is 46.0 Å². The van der Waals surface area contributed by atoms with Crippen LogP contribution in [0.5, 0.6) is 0 Å². The molecule has 4 heteroatoms. The number of nitrogens with one attached hydrogen (secondary N) is 1. The molecule has 0 aliphatic heterocycles. The number of esters is 1. The summed E-state index contributed by atoms with van der Waals surface area (Å²) >= 11 is 0. The number of carbonyl (C=O) groups excluding carboxylic acids is 1. The van der Waals surface area contributed by atoms with E-state index >= 15 is 0 Å². The fourth-order valence-electron chi connectivity index (χ4n) is 2.28. The quantitative estimate of drug-likeness (QED) is 0.694. The van der Waals surface area contributed by atoms with Gasteiger partial charge in [0.1, 0.15) is 0 Å². The van der Waals surface area contributed by atoms with Crippen LogP contribution in [0.15, 0.2) is 0 Å². The summed E-state index contributed by atoms with van der Waals surface area (Å²) in [6.07, 6.45) is 5.17. The van der Waals surface area contributed by atoms with Gasteiger partial charge in [0.25, 0.3) is 0 Å².